The minimum absolute atomic E-state index is 0.237. The Balaban J connectivity index is 1.30. The van der Waals surface area contributed by atoms with E-state index in [4.69, 9.17) is 14.7 Å². The Morgan fingerprint density at radius 1 is 1.07 bits per heavy atom. The van der Waals surface area contributed by atoms with E-state index in [1.165, 1.54) is 5.69 Å². The Hall–Kier alpha value is -2.89. The van der Waals surface area contributed by atoms with Crippen LogP contribution in [-0.4, -0.2) is 46.7 Å². The molecule has 0 saturated carbocycles. The largest absolute Gasteiger partial charge is 0.445 e. The molecule has 2 aromatic rings. The predicted octanol–water partition coefficient (Wildman–Crippen LogP) is 4.00. The van der Waals surface area contributed by atoms with E-state index in [-0.39, 0.29) is 11.6 Å². The lowest BCUT2D eigenvalue weighted by atomic mass is 9.83. The van der Waals surface area contributed by atoms with Crippen molar-refractivity contribution in [1.82, 2.24) is 9.47 Å². The molecular formula is C23H26N4O2. The third kappa shape index (κ3) is 3.37. The number of hydrogen-bond acceptors (Lipinski definition) is 4. The highest BCUT2D eigenvalue weighted by Gasteiger charge is 2.43. The van der Waals surface area contributed by atoms with Crippen LogP contribution in [0.3, 0.4) is 0 Å². The molecule has 6 nitrogen and oxygen atoms in total. The van der Waals surface area contributed by atoms with E-state index in [1.807, 2.05) is 35.2 Å². The molecule has 1 fully saturated rings. The van der Waals surface area contributed by atoms with Crippen LogP contribution in [-0.2, 0) is 16.9 Å². The highest BCUT2D eigenvalue weighted by Crippen LogP contribution is 2.40. The number of carbonyl (C=O) groups excluding carboxylic acids is 1. The van der Waals surface area contributed by atoms with Crippen molar-refractivity contribution in [3.05, 3.63) is 59.9 Å². The summed E-state index contributed by atoms with van der Waals surface area (Å²) in [6, 6.07) is 14.1. The summed E-state index contributed by atoms with van der Waals surface area (Å²) >= 11 is 0. The molecule has 0 bridgehead atoms. The summed E-state index contributed by atoms with van der Waals surface area (Å²) in [5.74, 6) is 1.03. The van der Waals surface area contributed by atoms with E-state index >= 15 is 0 Å². The van der Waals surface area contributed by atoms with Gasteiger partial charge in [0, 0.05) is 25.8 Å². The standard InChI is InChI=1S/C23H26N4O2/c28-22(29-17-18-7-2-1-3-8-18)26-15-11-23(12-16-26)20-10-6-14-27(20)21-19(25-23)9-4-5-13-24-21/h1-3,6-8,10,14H,4-5,9,11-13,15-17H2. The van der Waals surface area contributed by atoms with Gasteiger partial charge in [-0.25, -0.2) is 4.79 Å². The van der Waals surface area contributed by atoms with Crippen molar-refractivity contribution >= 4 is 17.6 Å². The van der Waals surface area contributed by atoms with Gasteiger partial charge in [-0.15, -0.1) is 0 Å². The summed E-state index contributed by atoms with van der Waals surface area (Å²) in [5, 5.41) is 0. The van der Waals surface area contributed by atoms with Gasteiger partial charge < -0.3 is 14.2 Å². The maximum absolute atomic E-state index is 12.6. The monoisotopic (exact) mass is 390 g/mol. The number of fused-ring (bicyclic) bond motifs is 4. The molecule has 0 radical (unpaired) electrons. The lowest BCUT2D eigenvalue weighted by Crippen LogP contribution is -2.48. The van der Waals surface area contributed by atoms with Crippen LogP contribution in [0.4, 0.5) is 4.79 Å². The second kappa shape index (κ2) is 7.50. The molecule has 1 aromatic heterocycles. The Morgan fingerprint density at radius 2 is 1.90 bits per heavy atom. The first kappa shape index (κ1) is 18.2. The summed E-state index contributed by atoms with van der Waals surface area (Å²) in [7, 11) is 0. The molecule has 1 aromatic carbocycles. The van der Waals surface area contributed by atoms with Gasteiger partial charge in [-0.05, 0) is 49.8 Å². The molecule has 5 rings (SSSR count). The summed E-state index contributed by atoms with van der Waals surface area (Å²) in [6.45, 7) is 2.50. The van der Waals surface area contributed by atoms with Crippen molar-refractivity contribution in [3.8, 4) is 0 Å². The molecule has 3 aliphatic rings. The highest BCUT2D eigenvalue weighted by atomic mass is 16.6. The number of amides is 1. The Morgan fingerprint density at radius 3 is 2.72 bits per heavy atom. The second-order valence-electron chi connectivity index (χ2n) is 8.04. The number of carbonyl (C=O) groups is 1. The molecule has 6 heteroatoms. The number of aliphatic imine (C=N–C) groups is 2. The fourth-order valence-corrected chi connectivity index (χ4v) is 4.61. The van der Waals surface area contributed by atoms with Gasteiger partial charge in [0.05, 0.1) is 11.4 Å². The summed E-state index contributed by atoms with van der Waals surface area (Å²) in [6.07, 6.45) is 6.74. The van der Waals surface area contributed by atoms with E-state index in [2.05, 4.69) is 22.9 Å². The third-order valence-corrected chi connectivity index (χ3v) is 6.20. The molecule has 0 N–H and O–H groups in total. The molecule has 1 amide bonds. The number of hydrogen-bond donors (Lipinski definition) is 0. The first-order valence-electron chi connectivity index (χ1n) is 10.5. The smallest absolute Gasteiger partial charge is 0.410 e. The van der Waals surface area contributed by atoms with Crippen LogP contribution in [0.15, 0.2) is 58.6 Å². The number of ether oxygens (including phenoxy) is 1. The lowest BCUT2D eigenvalue weighted by molar-refractivity contribution is 0.0774. The van der Waals surface area contributed by atoms with Crippen molar-refractivity contribution in [3.63, 3.8) is 0 Å². The van der Waals surface area contributed by atoms with Gasteiger partial charge >= 0.3 is 6.09 Å². The average molecular weight is 390 g/mol. The van der Waals surface area contributed by atoms with Gasteiger partial charge in [0.1, 0.15) is 12.1 Å². The predicted molar refractivity (Wildman–Crippen MR) is 113 cm³/mol. The highest BCUT2D eigenvalue weighted by molar-refractivity contribution is 6.43. The van der Waals surface area contributed by atoms with Crippen molar-refractivity contribution in [2.24, 2.45) is 9.98 Å². The minimum atomic E-state index is -0.252. The van der Waals surface area contributed by atoms with Crippen LogP contribution in [0.2, 0.25) is 0 Å². The maximum atomic E-state index is 12.6. The van der Waals surface area contributed by atoms with Crippen molar-refractivity contribution in [2.45, 2.75) is 44.2 Å². The van der Waals surface area contributed by atoms with E-state index in [9.17, 15) is 4.79 Å². The topological polar surface area (TPSA) is 59.2 Å². The molecule has 29 heavy (non-hydrogen) atoms. The summed E-state index contributed by atoms with van der Waals surface area (Å²) in [5.41, 5.74) is 3.09. The van der Waals surface area contributed by atoms with Crippen LogP contribution in [0, 0.1) is 0 Å². The van der Waals surface area contributed by atoms with E-state index in [1.54, 1.807) is 0 Å². The third-order valence-electron chi connectivity index (χ3n) is 6.20. The maximum Gasteiger partial charge on any atom is 0.410 e. The molecule has 0 aliphatic carbocycles. The molecular weight excluding hydrogens is 364 g/mol. The number of likely N-dealkylation sites (tertiary alicyclic amines) is 1. The number of rotatable bonds is 2. The zero-order valence-electron chi connectivity index (χ0n) is 16.6. The summed E-state index contributed by atoms with van der Waals surface area (Å²) in [4.78, 5) is 24.4. The number of piperidine rings is 1. The van der Waals surface area contributed by atoms with Gasteiger partial charge in [0.25, 0.3) is 0 Å². The van der Waals surface area contributed by atoms with Gasteiger partial charge in [-0.2, -0.15) is 0 Å². The van der Waals surface area contributed by atoms with Crippen molar-refractivity contribution in [2.75, 3.05) is 19.6 Å². The van der Waals surface area contributed by atoms with Gasteiger partial charge in [0.2, 0.25) is 0 Å². The van der Waals surface area contributed by atoms with Crippen molar-refractivity contribution in [1.29, 1.82) is 0 Å². The zero-order valence-corrected chi connectivity index (χ0v) is 16.6. The average Bonchev–Trinajstić information content (AvgIpc) is 3.15. The Labute approximate surface area is 170 Å². The molecule has 0 unspecified atom stereocenters. The fourth-order valence-electron chi connectivity index (χ4n) is 4.61. The molecule has 1 spiro atoms. The van der Waals surface area contributed by atoms with Crippen LogP contribution in [0.1, 0.15) is 43.4 Å². The first-order valence-corrected chi connectivity index (χ1v) is 10.5. The lowest BCUT2D eigenvalue weighted by Gasteiger charge is -2.42. The van der Waals surface area contributed by atoms with Gasteiger partial charge in [0.15, 0.2) is 5.84 Å². The molecule has 150 valence electrons. The van der Waals surface area contributed by atoms with Crippen LogP contribution < -0.4 is 0 Å². The SMILES string of the molecule is O=C(OCc1ccccc1)N1CCC2(CC1)N=C1CCCCN=C1n1cccc12. The summed E-state index contributed by atoms with van der Waals surface area (Å²) < 4.78 is 7.76. The zero-order chi connectivity index (χ0) is 19.7. The van der Waals surface area contributed by atoms with E-state index in [0.29, 0.717) is 19.7 Å². The number of aromatic nitrogens is 1. The molecule has 0 atom stereocenters. The molecule has 1 saturated heterocycles. The molecule has 4 heterocycles. The van der Waals surface area contributed by atoms with Crippen LogP contribution in [0.25, 0.3) is 0 Å². The normalized spacial score (nSPS) is 20.2. The number of benzene rings is 1. The second-order valence-corrected chi connectivity index (χ2v) is 8.04. The van der Waals surface area contributed by atoms with Gasteiger partial charge in [-0.3, -0.25) is 9.98 Å². The van der Waals surface area contributed by atoms with Gasteiger partial charge in [-0.1, -0.05) is 30.3 Å². The minimum Gasteiger partial charge on any atom is -0.445 e. The van der Waals surface area contributed by atoms with E-state index < -0.39 is 0 Å². The first-order chi connectivity index (χ1) is 14.3. The van der Waals surface area contributed by atoms with Crippen LogP contribution in [0.5, 0.6) is 0 Å². The molecule has 3 aliphatic heterocycles. The fraction of sp³-hybridized carbons (Fsp3) is 0.435. The van der Waals surface area contributed by atoms with Crippen molar-refractivity contribution < 1.29 is 9.53 Å². The number of nitrogens with zero attached hydrogens (tertiary/aromatic N) is 4. The van der Waals surface area contributed by atoms with Crippen LogP contribution >= 0.6 is 0 Å². The quantitative estimate of drug-likeness (QED) is 0.778. The van der Waals surface area contributed by atoms with E-state index in [0.717, 1.165) is 55.8 Å². The Bertz CT molecular complexity index is 952. The Kier molecular flexibility index (Phi) is 4.70.